The Balaban J connectivity index is 1.80. The molecule has 33 heavy (non-hydrogen) atoms. The van der Waals surface area contributed by atoms with Crippen molar-refractivity contribution in [1.82, 2.24) is 20.5 Å². The van der Waals surface area contributed by atoms with Crippen LogP contribution in [0.1, 0.15) is 49.0 Å². The van der Waals surface area contributed by atoms with Gasteiger partial charge in [-0.05, 0) is 48.7 Å². The van der Waals surface area contributed by atoms with Gasteiger partial charge >= 0.3 is 0 Å². The molecule has 0 aliphatic rings. The maximum atomic E-state index is 13.3. The van der Waals surface area contributed by atoms with Gasteiger partial charge in [0.05, 0.1) is 29.4 Å². The highest BCUT2D eigenvalue weighted by atomic mass is 16.5. The van der Waals surface area contributed by atoms with Crippen LogP contribution in [-0.2, 0) is 6.42 Å². The molecule has 2 aromatic heterocycles. The van der Waals surface area contributed by atoms with Crippen molar-refractivity contribution < 1.29 is 9.53 Å². The highest BCUT2D eigenvalue weighted by Gasteiger charge is 2.20. The molecule has 2 N–H and O–H groups in total. The molecule has 6 heteroatoms. The Labute approximate surface area is 194 Å². The minimum Gasteiger partial charge on any atom is -0.497 e. The first-order chi connectivity index (χ1) is 16.1. The summed E-state index contributed by atoms with van der Waals surface area (Å²) in [5.41, 5.74) is 5.74. The normalized spacial score (nSPS) is 11.0. The van der Waals surface area contributed by atoms with Gasteiger partial charge < -0.3 is 10.1 Å². The number of carbonyl (C=O) groups is 1. The molecular weight excluding hydrogens is 412 g/mol. The first-order valence-electron chi connectivity index (χ1n) is 11.6. The van der Waals surface area contributed by atoms with Gasteiger partial charge in [0.15, 0.2) is 5.65 Å². The second kappa shape index (κ2) is 10.3. The Morgan fingerprint density at radius 2 is 1.73 bits per heavy atom. The molecule has 6 nitrogen and oxygen atoms in total. The van der Waals surface area contributed by atoms with Gasteiger partial charge in [0.2, 0.25) is 0 Å². The number of pyridine rings is 1. The Morgan fingerprint density at radius 3 is 2.39 bits per heavy atom. The maximum Gasteiger partial charge on any atom is 0.252 e. The summed E-state index contributed by atoms with van der Waals surface area (Å²) in [4.78, 5) is 18.1. The van der Waals surface area contributed by atoms with Crippen LogP contribution in [0.5, 0.6) is 5.75 Å². The third kappa shape index (κ3) is 4.90. The van der Waals surface area contributed by atoms with Gasteiger partial charge in [0.25, 0.3) is 5.91 Å². The molecule has 4 rings (SSSR count). The van der Waals surface area contributed by atoms with Crippen LogP contribution in [0.25, 0.3) is 33.5 Å². The van der Waals surface area contributed by atoms with E-state index in [0.717, 1.165) is 53.6 Å². The molecule has 0 fully saturated rings. The largest absolute Gasteiger partial charge is 0.497 e. The van der Waals surface area contributed by atoms with Crippen molar-refractivity contribution in [3.05, 3.63) is 65.7 Å². The number of aromatic nitrogens is 3. The average molecular weight is 443 g/mol. The quantitative estimate of drug-likeness (QED) is 0.322. The minimum atomic E-state index is -0.110. The van der Waals surface area contributed by atoms with Crippen LogP contribution in [0.2, 0.25) is 0 Å². The number of aromatic amines is 1. The Bertz CT molecular complexity index is 1230. The summed E-state index contributed by atoms with van der Waals surface area (Å²) in [6.07, 6.45) is 4.13. The van der Waals surface area contributed by atoms with E-state index in [9.17, 15) is 4.79 Å². The van der Waals surface area contributed by atoms with Gasteiger partial charge in [0, 0.05) is 17.7 Å². The molecule has 2 heterocycles. The van der Waals surface area contributed by atoms with E-state index in [4.69, 9.17) is 9.72 Å². The van der Waals surface area contributed by atoms with Gasteiger partial charge in [-0.25, -0.2) is 4.98 Å². The number of hydrogen-bond acceptors (Lipinski definition) is 4. The average Bonchev–Trinajstić information content (AvgIpc) is 3.30. The summed E-state index contributed by atoms with van der Waals surface area (Å²) in [5, 5.41) is 11.4. The molecule has 0 aliphatic carbocycles. The van der Waals surface area contributed by atoms with Crippen molar-refractivity contribution in [3.8, 4) is 28.3 Å². The zero-order valence-electron chi connectivity index (χ0n) is 19.4. The standard InChI is InChI=1S/C27H30N4O2/c1-4-6-7-16-28-27(32)22-17-23(19-12-14-21(33-3)15-13-19)29-26-24(22)25(30-31-26)20-10-8-18(5-2)9-11-20/h8-15,17H,4-7,16H2,1-3H3,(H,28,32)(H,29,30,31). The van der Waals surface area contributed by atoms with Gasteiger partial charge in [-0.3, -0.25) is 9.89 Å². The lowest BCUT2D eigenvalue weighted by atomic mass is 10.0. The van der Waals surface area contributed by atoms with E-state index in [1.54, 1.807) is 7.11 Å². The fraction of sp³-hybridized carbons (Fsp3) is 0.296. The number of benzene rings is 2. The number of ether oxygens (including phenoxy) is 1. The molecule has 0 bridgehead atoms. The van der Waals surface area contributed by atoms with Crippen LogP contribution in [0.3, 0.4) is 0 Å². The van der Waals surface area contributed by atoms with Crippen molar-refractivity contribution in [2.24, 2.45) is 0 Å². The van der Waals surface area contributed by atoms with Crippen molar-refractivity contribution in [2.45, 2.75) is 39.5 Å². The molecule has 1 amide bonds. The number of methoxy groups -OCH3 is 1. The van der Waals surface area contributed by atoms with Crippen molar-refractivity contribution in [1.29, 1.82) is 0 Å². The van der Waals surface area contributed by atoms with Crippen molar-refractivity contribution in [3.63, 3.8) is 0 Å². The molecule has 0 saturated heterocycles. The first-order valence-corrected chi connectivity index (χ1v) is 11.6. The SMILES string of the molecule is CCCCCNC(=O)c1cc(-c2ccc(OC)cc2)nc2n[nH]c(-c3ccc(CC)cc3)c12. The van der Waals surface area contributed by atoms with E-state index in [0.29, 0.717) is 23.4 Å². The van der Waals surface area contributed by atoms with E-state index in [2.05, 4.69) is 53.6 Å². The van der Waals surface area contributed by atoms with E-state index >= 15 is 0 Å². The number of nitrogens with one attached hydrogen (secondary N) is 2. The summed E-state index contributed by atoms with van der Waals surface area (Å²) in [6, 6.07) is 17.8. The number of fused-ring (bicyclic) bond motifs is 1. The number of H-pyrrole nitrogens is 1. The van der Waals surface area contributed by atoms with Gasteiger partial charge in [-0.1, -0.05) is 51.0 Å². The van der Waals surface area contributed by atoms with E-state index in [1.165, 1.54) is 5.56 Å². The highest BCUT2D eigenvalue weighted by Crippen LogP contribution is 2.32. The number of hydrogen-bond donors (Lipinski definition) is 2. The summed E-state index contributed by atoms with van der Waals surface area (Å²) >= 11 is 0. The van der Waals surface area contributed by atoms with Crippen LogP contribution < -0.4 is 10.1 Å². The predicted molar refractivity (Wildman–Crippen MR) is 133 cm³/mol. The zero-order chi connectivity index (χ0) is 23.2. The van der Waals surface area contributed by atoms with Gasteiger partial charge in [-0.15, -0.1) is 0 Å². The number of carbonyl (C=O) groups excluding carboxylic acids is 1. The van der Waals surface area contributed by atoms with Crippen LogP contribution in [0, 0.1) is 0 Å². The smallest absolute Gasteiger partial charge is 0.252 e. The third-order valence-electron chi connectivity index (χ3n) is 5.87. The Kier molecular flexibility index (Phi) is 7.03. The number of amides is 1. The fourth-order valence-corrected chi connectivity index (χ4v) is 3.90. The van der Waals surface area contributed by atoms with E-state index in [-0.39, 0.29) is 5.91 Å². The fourth-order valence-electron chi connectivity index (χ4n) is 3.90. The predicted octanol–water partition coefficient (Wildman–Crippen LogP) is 5.78. The number of nitrogens with zero attached hydrogens (tertiary/aromatic N) is 2. The lowest BCUT2D eigenvalue weighted by molar-refractivity contribution is 0.0954. The van der Waals surface area contributed by atoms with Crippen LogP contribution in [0.15, 0.2) is 54.6 Å². The molecular formula is C27H30N4O2. The zero-order valence-corrected chi connectivity index (χ0v) is 19.4. The minimum absolute atomic E-state index is 0.110. The lowest BCUT2D eigenvalue weighted by Crippen LogP contribution is -2.24. The summed E-state index contributed by atoms with van der Waals surface area (Å²) in [7, 11) is 1.64. The van der Waals surface area contributed by atoms with Crippen LogP contribution in [0.4, 0.5) is 0 Å². The summed E-state index contributed by atoms with van der Waals surface area (Å²) < 4.78 is 5.27. The Morgan fingerprint density at radius 1 is 1.00 bits per heavy atom. The number of aryl methyl sites for hydroxylation is 1. The summed E-state index contributed by atoms with van der Waals surface area (Å²) in [6.45, 7) is 4.93. The molecule has 0 spiro atoms. The molecule has 0 saturated carbocycles. The van der Waals surface area contributed by atoms with Gasteiger partial charge in [0.1, 0.15) is 5.75 Å². The van der Waals surface area contributed by atoms with E-state index < -0.39 is 0 Å². The van der Waals surface area contributed by atoms with Crippen LogP contribution >= 0.6 is 0 Å². The Hall–Kier alpha value is -3.67. The molecule has 170 valence electrons. The number of rotatable bonds is 9. The molecule has 0 aliphatic heterocycles. The maximum absolute atomic E-state index is 13.3. The van der Waals surface area contributed by atoms with Crippen molar-refractivity contribution in [2.75, 3.05) is 13.7 Å². The molecule has 2 aromatic carbocycles. The molecule has 0 unspecified atom stereocenters. The summed E-state index contributed by atoms with van der Waals surface area (Å²) in [5.74, 6) is 0.660. The van der Waals surface area contributed by atoms with Gasteiger partial charge in [-0.2, -0.15) is 5.10 Å². The lowest BCUT2D eigenvalue weighted by Gasteiger charge is -2.10. The molecule has 0 radical (unpaired) electrons. The first kappa shape index (κ1) is 22.5. The highest BCUT2D eigenvalue weighted by molar-refractivity contribution is 6.11. The second-order valence-electron chi connectivity index (χ2n) is 8.09. The second-order valence-corrected chi connectivity index (χ2v) is 8.09. The molecule has 0 atom stereocenters. The van der Waals surface area contributed by atoms with Crippen LogP contribution in [-0.4, -0.2) is 34.7 Å². The molecule has 4 aromatic rings. The third-order valence-corrected chi connectivity index (χ3v) is 5.87. The van der Waals surface area contributed by atoms with Crippen molar-refractivity contribution >= 4 is 16.9 Å². The topological polar surface area (TPSA) is 79.9 Å². The van der Waals surface area contributed by atoms with E-state index in [1.807, 2.05) is 30.3 Å². The monoisotopic (exact) mass is 442 g/mol. The number of unbranched alkanes of at least 4 members (excludes halogenated alkanes) is 2.